The Labute approximate surface area is 119 Å². The fourth-order valence-electron chi connectivity index (χ4n) is 1.97. The molecule has 2 rings (SSSR count). The highest BCUT2D eigenvalue weighted by Gasteiger charge is 2.16. The van der Waals surface area contributed by atoms with Crippen molar-refractivity contribution >= 4 is 0 Å². The highest BCUT2D eigenvalue weighted by Crippen LogP contribution is 2.25. The first-order valence-corrected chi connectivity index (χ1v) is 6.91. The molecule has 0 radical (unpaired) electrons. The molecule has 0 aliphatic heterocycles. The summed E-state index contributed by atoms with van der Waals surface area (Å²) in [6.07, 6.45) is 1.03. The van der Waals surface area contributed by atoms with Gasteiger partial charge in [0, 0.05) is 5.56 Å². The fraction of sp³-hybridized carbons (Fsp3) is 0.467. The summed E-state index contributed by atoms with van der Waals surface area (Å²) in [7, 11) is 1.88. The Morgan fingerprint density at radius 2 is 2.10 bits per heavy atom. The van der Waals surface area contributed by atoms with Gasteiger partial charge in [0.05, 0.1) is 12.1 Å². The summed E-state index contributed by atoms with van der Waals surface area (Å²) in [5, 5.41) is 11.4. The summed E-state index contributed by atoms with van der Waals surface area (Å²) in [6, 6.07) is 7.78. The predicted molar refractivity (Wildman–Crippen MR) is 77.6 cm³/mol. The molecule has 0 aliphatic rings. The lowest BCUT2D eigenvalue weighted by atomic mass is 10.2. The van der Waals surface area contributed by atoms with Gasteiger partial charge in [-0.3, -0.25) is 0 Å². The highest BCUT2D eigenvalue weighted by atomic mass is 16.5. The summed E-state index contributed by atoms with van der Waals surface area (Å²) in [5.74, 6) is 1.93. The third kappa shape index (κ3) is 3.36. The maximum absolute atomic E-state index is 5.73. The van der Waals surface area contributed by atoms with Gasteiger partial charge in [0.1, 0.15) is 5.75 Å². The minimum Gasteiger partial charge on any atom is -0.491 e. The predicted octanol–water partition coefficient (Wildman–Crippen LogP) is 3.19. The Morgan fingerprint density at radius 1 is 1.30 bits per heavy atom. The van der Waals surface area contributed by atoms with E-state index in [2.05, 4.69) is 22.4 Å². The lowest BCUT2D eigenvalue weighted by molar-refractivity contribution is 0.242. The van der Waals surface area contributed by atoms with E-state index in [0.29, 0.717) is 11.8 Å². The van der Waals surface area contributed by atoms with E-state index in [-0.39, 0.29) is 12.1 Å². The number of hydrogen-bond acceptors (Lipinski definition) is 5. The molecule has 0 amide bonds. The second kappa shape index (κ2) is 6.52. The quantitative estimate of drug-likeness (QED) is 0.877. The first-order chi connectivity index (χ1) is 9.63. The number of nitrogens with one attached hydrogen (secondary N) is 1. The van der Waals surface area contributed by atoms with Gasteiger partial charge in [-0.1, -0.05) is 13.0 Å². The number of benzene rings is 1. The Hall–Kier alpha value is -1.88. The molecular formula is C15H21N3O2. The zero-order valence-corrected chi connectivity index (χ0v) is 12.4. The van der Waals surface area contributed by atoms with Crippen LogP contribution in [0.2, 0.25) is 0 Å². The van der Waals surface area contributed by atoms with Gasteiger partial charge in [0.15, 0.2) is 0 Å². The van der Waals surface area contributed by atoms with Gasteiger partial charge in [-0.25, -0.2) is 0 Å². The standard InChI is InChI=1S/C15H21N3O2/c1-5-13(16-4)15-18-17-14(20-15)11-7-6-8-12(9-11)19-10(2)3/h6-10,13,16H,5H2,1-4H3. The molecule has 1 atom stereocenters. The minimum atomic E-state index is 0.0892. The maximum atomic E-state index is 5.73. The molecule has 20 heavy (non-hydrogen) atoms. The van der Waals surface area contributed by atoms with Gasteiger partial charge >= 0.3 is 0 Å². The first kappa shape index (κ1) is 14.5. The maximum Gasteiger partial charge on any atom is 0.247 e. The molecule has 1 aromatic carbocycles. The molecule has 1 heterocycles. The monoisotopic (exact) mass is 275 g/mol. The number of aromatic nitrogens is 2. The van der Waals surface area contributed by atoms with Crippen LogP contribution in [0.1, 0.15) is 39.1 Å². The van der Waals surface area contributed by atoms with Gasteiger partial charge in [-0.05, 0) is 45.5 Å². The second-order valence-corrected chi connectivity index (χ2v) is 4.89. The molecule has 1 unspecified atom stereocenters. The molecule has 2 aromatic rings. The zero-order valence-electron chi connectivity index (χ0n) is 12.4. The van der Waals surface area contributed by atoms with E-state index < -0.39 is 0 Å². The number of ether oxygens (including phenoxy) is 1. The molecular weight excluding hydrogens is 254 g/mol. The van der Waals surface area contributed by atoms with Crippen molar-refractivity contribution in [2.24, 2.45) is 0 Å². The van der Waals surface area contributed by atoms with Gasteiger partial charge in [-0.15, -0.1) is 10.2 Å². The van der Waals surface area contributed by atoms with Crippen molar-refractivity contribution in [2.45, 2.75) is 39.3 Å². The minimum absolute atomic E-state index is 0.0892. The van der Waals surface area contributed by atoms with Crippen molar-refractivity contribution in [3.63, 3.8) is 0 Å². The third-order valence-electron chi connectivity index (χ3n) is 2.95. The molecule has 0 bridgehead atoms. The van der Waals surface area contributed by atoms with Crippen LogP contribution in [-0.4, -0.2) is 23.3 Å². The molecule has 5 heteroatoms. The van der Waals surface area contributed by atoms with Crippen molar-refractivity contribution in [3.8, 4) is 17.2 Å². The van der Waals surface area contributed by atoms with Crippen molar-refractivity contribution in [1.82, 2.24) is 15.5 Å². The van der Waals surface area contributed by atoms with Crippen LogP contribution in [-0.2, 0) is 0 Å². The largest absolute Gasteiger partial charge is 0.491 e. The molecule has 1 N–H and O–H groups in total. The fourth-order valence-corrected chi connectivity index (χ4v) is 1.97. The first-order valence-electron chi connectivity index (χ1n) is 6.91. The van der Waals surface area contributed by atoms with E-state index in [9.17, 15) is 0 Å². The summed E-state index contributed by atoms with van der Waals surface area (Å²) in [5.41, 5.74) is 0.868. The van der Waals surface area contributed by atoms with Gasteiger partial charge in [-0.2, -0.15) is 0 Å². The van der Waals surface area contributed by atoms with E-state index in [1.54, 1.807) is 0 Å². The summed E-state index contributed by atoms with van der Waals surface area (Å²) >= 11 is 0. The van der Waals surface area contributed by atoms with Crippen molar-refractivity contribution < 1.29 is 9.15 Å². The van der Waals surface area contributed by atoms with E-state index in [4.69, 9.17) is 9.15 Å². The van der Waals surface area contributed by atoms with Gasteiger partial charge in [0.2, 0.25) is 11.8 Å². The van der Waals surface area contributed by atoms with E-state index in [1.807, 2.05) is 45.2 Å². The van der Waals surface area contributed by atoms with Gasteiger partial charge in [0.25, 0.3) is 0 Å². The van der Waals surface area contributed by atoms with Crippen LogP contribution < -0.4 is 10.1 Å². The summed E-state index contributed by atoms with van der Waals surface area (Å²) in [4.78, 5) is 0. The zero-order chi connectivity index (χ0) is 14.5. The lowest BCUT2D eigenvalue weighted by Gasteiger charge is -2.10. The average molecular weight is 275 g/mol. The second-order valence-electron chi connectivity index (χ2n) is 4.89. The summed E-state index contributed by atoms with van der Waals surface area (Å²) in [6.45, 7) is 6.06. The van der Waals surface area contributed by atoms with Crippen LogP contribution in [0.25, 0.3) is 11.5 Å². The molecule has 0 spiro atoms. The topological polar surface area (TPSA) is 60.2 Å². The van der Waals surface area contributed by atoms with Crippen LogP contribution in [0.5, 0.6) is 5.75 Å². The molecule has 0 saturated carbocycles. The molecule has 0 saturated heterocycles. The SMILES string of the molecule is CCC(NC)c1nnc(-c2cccc(OC(C)C)c2)o1. The van der Waals surface area contributed by atoms with Crippen LogP contribution >= 0.6 is 0 Å². The Morgan fingerprint density at radius 3 is 2.75 bits per heavy atom. The molecule has 108 valence electrons. The smallest absolute Gasteiger partial charge is 0.247 e. The Bertz CT molecular complexity index is 548. The van der Waals surface area contributed by atoms with Crippen molar-refractivity contribution in [1.29, 1.82) is 0 Å². The van der Waals surface area contributed by atoms with Gasteiger partial charge < -0.3 is 14.5 Å². The highest BCUT2D eigenvalue weighted by molar-refractivity contribution is 5.55. The van der Waals surface area contributed by atoms with Crippen LogP contribution in [0.3, 0.4) is 0 Å². The number of nitrogens with zero attached hydrogens (tertiary/aromatic N) is 2. The molecule has 1 aromatic heterocycles. The normalized spacial score (nSPS) is 12.7. The molecule has 0 aliphatic carbocycles. The van der Waals surface area contributed by atoms with E-state index >= 15 is 0 Å². The van der Waals surface area contributed by atoms with Crippen molar-refractivity contribution in [3.05, 3.63) is 30.2 Å². The van der Waals surface area contributed by atoms with Crippen LogP contribution in [0.4, 0.5) is 0 Å². The number of rotatable bonds is 6. The Balaban J connectivity index is 2.23. The lowest BCUT2D eigenvalue weighted by Crippen LogP contribution is -2.15. The number of hydrogen-bond donors (Lipinski definition) is 1. The van der Waals surface area contributed by atoms with E-state index in [0.717, 1.165) is 17.7 Å². The average Bonchev–Trinajstić information content (AvgIpc) is 2.89. The van der Waals surface area contributed by atoms with Crippen LogP contribution in [0, 0.1) is 0 Å². The molecule has 5 nitrogen and oxygen atoms in total. The Kier molecular flexibility index (Phi) is 4.74. The van der Waals surface area contributed by atoms with E-state index in [1.165, 1.54) is 0 Å². The third-order valence-corrected chi connectivity index (χ3v) is 2.95. The summed E-state index contributed by atoms with van der Waals surface area (Å²) < 4.78 is 11.4. The van der Waals surface area contributed by atoms with Crippen molar-refractivity contribution in [2.75, 3.05) is 7.05 Å². The van der Waals surface area contributed by atoms with Crippen LogP contribution in [0.15, 0.2) is 28.7 Å². The molecule has 0 fully saturated rings.